The van der Waals surface area contributed by atoms with Gasteiger partial charge in [0.15, 0.2) is 0 Å². The number of para-hydroxylation sites is 2. The van der Waals surface area contributed by atoms with Crippen molar-refractivity contribution in [3.8, 4) is 5.69 Å². The van der Waals surface area contributed by atoms with Gasteiger partial charge in [0.2, 0.25) is 0 Å². The molecule has 10 rings (SSSR count). The van der Waals surface area contributed by atoms with Gasteiger partial charge >= 0.3 is 0 Å². The molecule has 0 aliphatic heterocycles. The van der Waals surface area contributed by atoms with E-state index in [9.17, 15) is 0 Å². The van der Waals surface area contributed by atoms with Crippen molar-refractivity contribution in [1.29, 1.82) is 0 Å². The lowest BCUT2D eigenvalue weighted by atomic mass is 9.92. The summed E-state index contributed by atoms with van der Waals surface area (Å²) in [6.45, 7) is 0. The van der Waals surface area contributed by atoms with E-state index in [1.54, 1.807) is 0 Å². The van der Waals surface area contributed by atoms with E-state index >= 15 is 0 Å². The van der Waals surface area contributed by atoms with Crippen LogP contribution in [-0.4, -0.2) is 4.57 Å². The highest BCUT2D eigenvalue weighted by Gasteiger charge is 2.25. The average Bonchev–Trinajstić information content (AvgIpc) is 3.74. The van der Waals surface area contributed by atoms with Crippen molar-refractivity contribution in [2.45, 2.75) is 25.7 Å². The van der Waals surface area contributed by atoms with E-state index in [1.165, 1.54) is 87.0 Å². The summed E-state index contributed by atoms with van der Waals surface area (Å²) in [7, 11) is 0. The van der Waals surface area contributed by atoms with Crippen molar-refractivity contribution in [3.05, 3.63) is 192 Å². The highest BCUT2D eigenvalue weighted by molar-refractivity contribution is 7.25. The summed E-state index contributed by atoms with van der Waals surface area (Å²) in [6, 6.07) is 53.3. The highest BCUT2D eigenvalue weighted by Crippen LogP contribution is 2.43. The number of nitrogens with zero attached hydrogens (tertiary/aromatic N) is 2. The quantitative estimate of drug-likeness (QED) is 0.171. The maximum Gasteiger partial charge on any atom is 0.0541 e. The summed E-state index contributed by atoms with van der Waals surface area (Å²) in [6.07, 6.45) is 13.7. The molecule has 51 heavy (non-hydrogen) atoms. The minimum absolute atomic E-state index is 0.963. The predicted octanol–water partition coefficient (Wildman–Crippen LogP) is 13.5. The fraction of sp³-hybridized carbons (Fsp3) is 0.0833. The molecule has 0 fully saturated rings. The molecule has 3 heteroatoms. The smallest absolute Gasteiger partial charge is 0.0541 e. The molecule has 0 bridgehead atoms. The lowest BCUT2D eigenvalue weighted by Gasteiger charge is -2.34. The second kappa shape index (κ2) is 12.5. The molecule has 0 spiro atoms. The molecule has 0 unspecified atom stereocenters. The van der Waals surface area contributed by atoms with Crippen LogP contribution in [0.3, 0.4) is 0 Å². The Morgan fingerprint density at radius 3 is 1.92 bits per heavy atom. The van der Waals surface area contributed by atoms with Gasteiger partial charge in [-0.3, -0.25) is 0 Å². The molecule has 0 saturated carbocycles. The van der Waals surface area contributed by atoms with E-state index in [0.717, 1.165) is 25.7 Å². The molecule has 2 aliphatic rings. The van der Waals surface area contributed by atoms with Crippen LogP contribution in [0.25, 0.3) is 58.8 Å². The Morgan fingerprint density at radius 1 is 0.510 bits per heavy atom. The van der Waals surface area contributed by atoms with Crippen molar-refractivity contribution in [2.75, 3.05) is 4.90 Å². The standard InChI is InChI=1S/C48H36N2S/c1-2-12-35(13-3-1)39-14-4-8-18-44(39)49(38-30-31-43-42-17-7-11-21-47(42)51-48(43)32-38)36-26-22-33(23-27-36)34-24-28-37(29-25-34)50-45-19-9-5-15-40(45)41-16-6-10-20-46(41)50/h1-3,5-7,9-22,24-26,28-32H,4,8,23,27H2. The van der Waals surface area contributed by atoms with Gasteiger partial charge in [0.1, 0.15) is 0 Å². The number of rotatable bonds is 6. The van der Waals surface area contributed by atoms with Crippen LogP contribution >= 0.6 is 11.3 Å². The Hall–Kier alpha value is -5.90. The second-order valence-corrected chi connectivity index (χ2v) is 14.6. The molecule has 244 valence electrons. The normalized spacial score (nSPS) is 14.8. The van der Waals surface area contributed by atoms with E-state index < -0.39 is 0 Å². The van der Waals surface area contributed by atoms with Crippen molar-refractivity contribution < 1.29 is 0 Å². The first kappa shape index (κ1) is 30.0. The topological polar surface area (TPSA) is 8.17 Å². The number of allylic oxidation sites excluding steroid dienone is 7. The molecule has 2 aliphatic carbocycles. The van der Waals surface area contributed by atoms with Crippen LogP contribution in [0.15, 0.2) is 181 Å². The van der Waals surface area contributed by atoms with Crippen LogP contribution in [0.2, 0.25) is 0 Å². The Labute approximate surface area is 302 Å². The molecule has 0 saturated heterocycles. The zero-order chi connectivity index (χ0) is 33.7. The molecule has 0 N–H and O–H groups in total. The van der Waals surface area contributed by atoms with Crippen LogP contribution < -0.4 is 4.90 Å². The number of aromatic nitrogens is 1. The molecular weight excluding hydrogens is 637 g/mol. The zero-order valence-electron chi connectivity index (χ0n) is 28.3. The van der Waals surface area contributed by atoms with Crippen LogP contribution in [-0.2, 0) is 0 Å². The predicted molar refractivity (Wildman–Crippen MR) is 220 cm³/mol. The van der Waals surface area contributed by atoms with Crippen LogP contribution in [0.1, 0.15) is 36.8 Å². The van der Waals surface area contributed by atoms with Gasteiger partial charge in [-0.15, -0.1) is 11.3 Å². The maximum atomic E-state index is 2.54. The highest BCUT2D eigenvalue weighted by atomic mass is 32.1. The van der Waals surface area contributed by atoms with Gasteiger partial charge in [-0.2, -0.15) is 0 Å². The number of hydrogen-bond acceptors (Lipinski definition) is 2. The lowest BCUT2D eigenvalue weighted by molar-refractivity contribution is 0.900. The molecule has 0 atom stereocenters. The minimum Gasteiger partial charge on any atom is -0.314 e. The molecular formula is C48H36N2S. The van der Waals surface area contributed by atoms with E-state index in [4.69, 9.17) is 0 Å². The van der Waals surface area contributed by atoms with Crippen LogP contribution in [0, 0.1) is 0 Å². The number of hydrogen-bond donors (Lipinski definition) is 0. The van der Waals surface area contributed by atoms with Gasteiger partial charge < -0.3 is 9.47 Å². The first-order chi connectivity index (χ1) is 25.3. The molecule has 6 aromatic carbocycles. The summed E-state index contributed by atoms with van der Waals surface area (Å²) in [5, 5.41) is 5.25. The number of benzene rings is 6. The summed E-state index contributed by atoms with van der Waals surface area (Å²) < 4.78 is 5.06. The van der Waals surface area contributed by atoms with Crippen molar-refractivity contribution in [3.63, 3.8) is 0 Å². The van der Waals surface area contributed by atoms with Crippen molar-refractivity contribution in [1.82, 2.24) is 4.57 Å². The summed E-state index contributed by atoms with van der Waals surface area (Å²) >= 11 is 1.89. The van der Waals surface area contributed by atoms with Crippen molar-refractivity contribution in [2.24, 2.45) is 0 Å². The maximum absolute atomic E-state index is 2.54. The summed E-state index contributed by atoms with van der Waals surface area (Å²) in [5.41, 5.74) is 12.8. The molecule has 8 aromatic rings. The molecule has 0 amide bonds. The molecule has 2 aromatic heterocycles. The van der Waals surface area contributed by atoms with Gasteiger partial charge in [-0.05, 0) is 90.9 Å². The largest absolute Gasteiger partial charge is 0.314 e. The molecule has 2 nitrogen and oxygen atoms in total. The number of anilines is 1. The fourth-order valence-electron chi connectivity index (χ4n) is 8.15. The number of fused-ring (bicyclic) bond motifs is 6. The lowest BCUT2D eigenvalue weighted by Crippen LogP contribution is -2.24. The third-order valence-corrected chi connectivity index (χ3v) is 11.7. The van der Waals surface area contributed by atoms with E-state index in [2.05, 4.69) is 179 Å². The number of thiophene rings is 1. The zero-order valence-corrected chi connectivity index (χ0v) is 29.1. The van der Waals surface area contributed by atoms with Gasteiger partial charge in [-0.1, -0.05) is 121 Å². The molecule has 2 heterocycles. The fourth-order valence-corrected chi connectivity index (χ4v) is 9.29. The SMILES string of the molecule is C1=C(c2ccc(-n3c4ccccc4c4ccccc43)cc2)CCC(N(C2=CCCC=C2c2ccccc2)c2ccc3c(c2)sc2ccccc23)=C1. The van der Waals surface area contributed by atoms with Gasteiger partial charge in [0, 0.05) is 59.3 Å². The monoisotopic (exact) mass is 672 g/mol. The third kappa shape index (κ3) is 5.16. The van der Waals surface area contributed by atoms with E-state index in [0.29, 0.717) is 0 Å². The van der Waals surface area contributed by atoms with E-state index in [1.807, 2.05) is 11.3 Å². The van der Waals surface area contributed by atoms with Crippen LogP contribution in [0.5, 0.6) is 0 Å². The van der Waals surface area contributed by atoms with E-state index in [-0.39, 0.29) is 0 Å². The minimum atomic E-state index is 0.963. The Balaban J connectivity index is 1.04. The Kier molecular flexibility index (Phi) is 7.32. The van der Waals surface area contributed by atoms with Gasteiger partial charge in [-0.25, -0.2) is 0 Å². The van der Waals surface area contributed by atoms with Crippen LogP contribution in [0.4, 0.5) is 5.69 Å². The first-order valence-electron chi connectivity index (χ1n) is 18.0. The van der Waals surface area contributed by atoms with Gasteiger partial charge in [0.05, 0.1) is 11.0 Å². The first-order valence-corrected chi connectivity index (χ1v) is 18.8. The Bertz CT molecular complexity index is 2680. The summed E-state index contributed by atoms with van der Waals surface area (Å²) in [4.78, 5) is 2.54. The van der Waals surface area contributed by atoms with Crippen molar-refractivity contribution >= 4 is 70.1 Å². The molecule has 0 radical (unpaired) electrons. The Morgan fingerprint density at radius 2 is 1.18 bits per heavy atom. The average molecular weight is 673 g/mol. The van der Waals surface area contributed by atoms with Gasteiger partial charge in [0.25, 0.3) is 0 Å². The second-order valence-electron chi connectivity index (χ2n) is 13.5. The third-order valence-electron chi connectivity index (χ3n) is 10.6. The summed E-state index contributed by atoms with van der Waals surface area (Å²) in [5.74, 6) is 0.